The molecule has 0 heterocycles. The summed E-state index contributed by atoms with van der Waals surface area (Å²) < 4.78 is 32.2. The van der Waals surface area contributed by atoms with Crippen molar-refractivity contribution < 1.29 is 18.3 Å². The SMILES string of the molecule is CC(=O)c1ccc(F)cc1OCc1cccc(Cl)c1F. The average Bonchev–Trinajstić information content (AvgIpc) is 2.40. The van der Waals surface area contributed by atoms with E-state index >= 15 is 0 Å². The van der Waals surface area contributed by atoms with Gasteiger partial charge >= 0.3 is 0 Å². The normalized spacial score (nSPS) is 10.4. The van der Waals surface area contributed by atoms with Crippen molar-refractivity contribution in [2.75, 3.05) is 0 Å². The summed E-state index contributed by atoms with van der Waals surface area (Å²) >= 11 is 5.66. The summed E-state index contributed by atoms with van der Waals surface area (Å²) in [5.74, 6) is -1.30. The largest absolute Gasteiger partial charge is 0.488 e. The Balaban J connectivity index is 2.24. The van der Waals surface area contributed by atoms with Gasteiger partial charge in [0.2, 0.25) is 0 Å². The van der Waals surface area contributed by atoms with Gasteiger partial charge in [-0.3, -0.25) is 4.79 Å². The minimum atomic E-state index is -0.588. The molecule has 0 unspecified atom stereocenters. The van der Waals surface area contributed by atoms with Crippen molar-refractivity contribution in [3.63, 3.8) is 0 Å². The molecule has 0 fully saturated rings. The average molecular weight is 297 g/mol. The highest BCUT2D eigenvalue weighted by Crippen LogP contribution is 2.24. The second-order valence-electron chi connectivity index (χ2n) is 4.20. The second-order valence-corrected chi connectivity index (χ2v) is 4.61. The molecule has 20 heavy (non-hydrogen) atoms. The third-order valence-corrected chi connectivity index (χ3v) is 3.03. The Bertz CT molecular complexity index is 656. The molecule has 2 aromatic carbocycles. The van der Waals surface area contributed by atoms with E-state index in [4.69, 9.17) is 16.3 Å². The number of ketones is 1. The number of benzene rings is 2. The molecule has 2 nitrogen and oxygen atoms in total. The molecule has 0 aliphatic heterocycles. The summed E-state index contributed by atoms with van der Waals surface area (Å²) in [6, 6.07) is 8.11. The maximum absolute atomic E-state index is 13.7. The van der Waals surface area contributed by atoms with Crippen LogP contribution in [0, 0.1) is 11.6 Å². The molecular formula is C15H11ClF2O2. The zero-order chi connectivity index (χ0) is 14.7. The highest BCUT2D eigenvalue weighted by molar-refractivity contribution is 6.30. The molecule has 0 amide bonds. The van der Waals surface area contributed by atoms with E-state index in [2.05, 4.69) is 0 Å². The Morgan fingerprint density at radius 3 is 2.70 bits per heavy atom. The number of Topliss-reactive ketones (excluding diaryl/α,β-unsaturated/α-hetero) is 1. The number of halogens is 3. The summed E-state index contributed by atoms with van der Waals surface area (Å²) in [5, 5.41) is -0.0165. The van der Waals surface area contributed by atoms with Gasteiger partial charge in [0.25, 0.3) is 0 Å². The van der Waals surface area contributed by atoms with Gasteiger partial charge < -0.3 is 4.74 Å². The van der Waals surface area contributed by atoms with Gasteiger partial charge in [0.05, 0.1) is 10.6 Å². The monoisotopic (exact) mass is 296 g/mol. The standard InChI is InChI=1S/C15H11ClF2O2/c1-9(19)12-6-5-11(17)7-14(12)20-8-10-3-2-4-13(16)15(10)18/h2-7H,8H2,1H3. The van der Waals surface area contributed by atoms with Crippen LogP contribution in [0.5, 0.6) is 5.75 Å². The van der Waals surface area contributed by atoms with Crippen molar-refractivity contribution in [3.05, 3.63) is 64.2 Å². The predicted octanol–water partition coefficient (Wildman–Crippen LogP) is 4.40. The molecule has 0 atom stereocenters. The molecule has 0 radical (unpaired) electrons. The van der Waals surface area contributed by atoms with Gasteiger partial charge in [0.15, 0.2) is 5.78 Å². The molecule has 2 aromatic rings. The quantitative estimate of drug-likeness (QED) is 0.782. The highest BCUT2D eigenvalue weighted by atomic mass is 35.5. The van der Waals surface area contributed by atoms with Crippen molar-refractivity contribution in [2.24, 2.45) is 0 Å². The molecule has 0 saturated carbocycles. The first-order valence-electron chi connectivity index (χ1n) is 5.85. The lowest BCUT2D eigenvalue weighted by Crippen LogP contribution is -2.03. The van der Waals surface area contributed by atoms with Crippen molar-refractivity contribution in [2.45, 2.75) is 13.5 Å². The van der Waals surface area contributed by atoms with Crippen LogP contribution in [0.15, 0.2) is 36.4 Å². The molecule has 0 N–H and O–H groups in total. The Morgan fingerprint density at radius 1 is 1.25 bits per heavy atom. The van der Waals surface area contributed by atoms with E-state index < -0.39 is 11.6 Å². The van der Waals surface area contributed by atoms with E-state index in [1.54, 1.807) is 6.07 Å². The van der Waals surface area contributed by atoms with Crippen LogP contribution in [-0.4, -0.2) is 5.78 Å². The number of hydrogen-bond acceptors (Lipinski definition) is 2. The van der Waals surface area contributed by atoms with Crippen LogP contribution in [0.2, 0.25) is 5.02 Å². The van der Waals surface area contributed by atoms with Gasteiger partial charge in [-0.15, -0.1) is 0 Å². The zero-order valence-electron chi connectivity index (χ0n) is 10.6. The van der Waals surface area contributed by atoms with Crippen molar-refractivity contribution in [1.82, 2.24) is 0 Å². The molecule has 5 heteroatoms. The van der Waals surface area contributed by atoms with Crippen LogP contribution in [0.3, 0.4) is 0 Å². The molecule has 104 valence electrons. The fraction of sp³-hybridized carbons (Fsp3) is 0.133. The van der Waals surface area contributed by atoms with E-state index in [1.807, 2.05) is 0 Å². The summed E-state index contributed by atoms with van der Waals surface area (Å²) in [7, 11) is 0. The smallest absolute Gasteiger partial charge is 0.163 e. The number of carbonyl (C=O) groups excluding carboxylic acids is 1. The van der Waals surface area contributed by atoms with Crippen molar-refractivity contribution >= 4 is 17.4 Å². The summed E-state index contributed by atoms with van der Waals surface area (Å²) in [6.45, 7) is 1.20. The Morgan fingerprint density at radius 2 is 2.00 bits per heavy atom. The Labute approximate surface area is 119 Å². The predicted molar refractivity (Wildman–Crippen MR) is 72.1 cm³/mol. The van der Waals surface area contributed by atoms with Gasteiger partial charge in [0.1, 0.15) is 24.0 Å². The first-order chi connectivity index (χ1) is 9.49. The number of rotatable bonds is 4. The lowest BCUT2D eigenvalue weighted by atomic mass is 10.1. The zero-order valence-corrected chi connectivity index (χ0v) is 11.4. The van der Waals surface area contributed by atoms with Crippen molar-refractivity contribution in [3.8, 4) is 5.75 Å². The minimum absolute atomic E-state index is 0.0165. The van der Waals surface area contributed by atoms with Crippen LogP contribution in [-0.2, 0) is 6.61 Å². The van der Waals surface area contributed by atoms with Gasteiger partial charge in [-0.1, -0.05) is 23.7 Å². The van der Waals surface area contributed by atoms with E-state index in [0.717, 1.165) is 6.07 Å². The molecule has 0 aromatic heterocycles. The third kappa shape index (κ3) is 3.14. The van der Waals surface area contributed by atoms with Crippen LogP contribution in [0.4, 0.5) is 8.78 Å². The highest BCUT2D eigenvalue weighted by Gasteiger charge is 2.12. The van der Waals surface area contributed by atoms with E-state index in [-0.39, 0.29) is 34.3 Å². The van der Waals surface area contributed by atoms with E-state index in [1.165, 1.54) is 31.2 Å². The summed E-state index contributed by atoms with van der Waals surface area (Å²) in [4.78, 5) is 11.4. The minimum Gasteiger partial charge on any atom is -0.488 e. The lowest BCUT2D eigenvalue weighted by molar-refractivity contribution is 0.101. The molecule has 0 aliphatic rings. The maximum atomic E-state index is 13.7. The fourth-order valence-corrected chi connectivity index (χ4v) is 1.92. The van der Waals surface area contributed by atoms with Crippen molar-refractivity contribution in [1.29, 1.82) is 0 Å². The van der Waals surface area contributed by atoms with E-state index in [9.17, 15) is 13.6 Å². The number of hydrogen-bond donors (Lipinski definition) is 0. The lowest BCUT2D eigenvalue weighted by Gasteiger charge is -2.11. The molecule has 2 rings (SSSR count). The van der Waals surface area contributed by atoms with Crippen LogP contribution < -0.4 is 4.74 Å². The van der Waals surface area contributed by atoms with Gasteiger partial charge in [-0.2, -0.15) is 0 Å². The third-order valence-electron chi connectivity index (χ3n) is 2.74. The molecule has 0 bridgehead atoms. The van der Waals surface area contributed by atoms with Crippen LogP contribution >= 0.6 is 11.6 Å². The maximum Gasteiger partial charge on any atom is 0.163 e. The number of carbonyl (C=O) groups is 1. The Kier molecular flexibility index (Phi) is 4.35. The first kappa shape index (κ1) is 14.5. The van der Waals surface area contributed by atoms with Gasteiger partial charge in [0, 0.05) is 11.6 Å². The van der Waals surface area contributed by atoms with Gasteiger partial charge in [-0.05, 0) is 25.1 Å². The molecule has 0 saturated heterocycles. The molecular weight excluding hydrogens is 286 g/mol. The second kappa shape index (κ2) is 6.01. The summed E-state index contributed by atoms with van der Waals surface area (Å²) in [6.07, 6.45) is 0. The van der Waals surface area contributed by atoms with Crippen LogP contribution in [0.25, 0.3) is 0 Å². The fourth-order valence-electron chi connectivity index (χ4n) is 1.72. The molecule has 0 aliphatic carbocycles. The Hall–Kier alpha value is -1.94. The topological polar surface area (TPSA) is 26.3 Å². The summed E-state index contributed by atoms with van der Waals surface area (Å²) in [5.41, 5.74) is 0.477. The first-order valence-corrected chi connectivity index (χ1v) is 6.23. The van der Waals surface area contributed by atoms with Crippen LogP contribution in [0.1, 0.15) is 22.8 Å². The van der Waals surface area contributed by atoms with Gasteiger partial charge in [-0.25, -0.2) is 8.78 Å². The van der Waals surface area contributed by atoms with E-state index in [0.29, 0.717) is 0 Å². The number of ether oxygens (including phenoxy) is 1. The molecule has 0 spiro atoms.